The average Bonchev–Trinajstić information content (AvgIpc) is 3.14. The number of halogens is 1. The van der Waals surface area contributed by atoms with E-state index in [4.69, 9.17) is 4.74 Å². The van der Waals surface area contributed by atoms with Gasteiger partial charge in [0, 0.05) is 29.3 Å². The van der Waals surface area contributed by atoms with E-state index in [2.05, 4.69) is 41.3 Å². The Morgan fingerprint density at radius 2 is 2.15 bits per heavy atom. The van der Waals surface area contributed by atoms with Crippen LogP contribution in [0.25, 0.3) is 0 Å². The summed E-state index contributed by atoms with van der Waals surface area (Å²) in [4.78, 5) is 22.8. The molecule has 1 fully saturated rings. The molecule has 1 aromatic carbocycles. The van der Waals surface area contributed by atoms with Gasteiger partial charge in [0.05, 0.1) is 6.21 Å². The quantitative estimate of drug-likeness (QED) is 0.577. The molecule has 1 aromatic heterocycles. The zero-order valence-corrected chi connectivity index (χ0v) is 16.1. The average molecular weight is 418 g/mol. The summed E-state index contributed by atoms with van der Waals surface area (Å²) < 4.78 is 6.45. The second-order valence-corrected chi connectivity index (χ2v) is 6.89. The number of ether oxygens (including phenoxy) is 1. The number of benzene rings is 1. The van der Waals surface area contributed by atoms with Crippen LogP contribution in [0.15, 0.2) is 39.9 Å². The highest BCUT2D eigenvalue weighted by Gasteiger charge is 2.16. The Morgan fingerprint density at radius 1 is 1.35 bits per heavy atom. The van der Waals surface area contributed by atoms with Crippen LogP contribution in [0.5, 0.6) is 5.88 Å². The van der Waals surface area contributed by atoms with E-state index in [9.17, 15) is 4.79 Å². The van der Waals surface area contributed by atoms with Crippen LogP contribution in [0.2, 0.25) is 0 Å². The molecule has 0 spiro atoms. The van der Waals surface area contributed by atoms with Gasteiger partial charge >= 0.3 is 0 Å². The number of nitrogens with zero attached hydrogens (tertiary/aromatic N) is 4. The van der Waals surface area contributed by atoms with Crippen LogP contribution in [-0.2, 0) is 4.79 Å². The maximum Gasteiger partial charge on any atom is 0.278 e. The van der Waals surface area contributed by atoms with Crippen LogP contribution in [-0.4, -0.2) is 41.8 Å². The van der Waals surface area contributed by atoms with Crippen LogP contribution < -0.4 is 15.1 Å². The second kappa shape index (κ2) is 8.75. The molecular formula is C18H20BrN5O2. The molecule has 1 aliphatic heterocycles. The molecule has 1 N–H and O–H groups in total. The summed E-state index contributed by atoms with van der Waals surface area (Å²) >= 11 is 3.39. The Kier molecular flexibility index (Phi) is 6.17. The number of nitrogens with one attached hydrogen (secondary N) is 1. The fraction of sp³-hybridized carbons (Fsp3) is 0.333. The van der Waals surface area contributed by atoms with Gasteiger partial charge in [-0.25, -0.2) is 10.4 Å². The lowest BCUT2D eigenvalue weighted by molar-refractivity contribution is -0.123. The van der Waals surface area contributed by atoms with Crippen molar-refractivity contribution in [1.82, 2.24) is 15.4 Å². The highest BCUT2D eigenvalue weighted by Crippen LogP contribution is 2.19. The number of hydrogen-bond acceptors (Lipinski definition) is 6. The van der Waals surface area contributed by atoms with Gasteiger partial charge in [-0.05, 0) is 37.5 Å². The number of hydrogen-bond donors (Lipinski definition) is 1. The minimum absolute atomic E-state index is 0.161. The van der Waals surface area contributed by atoms with E-state index in [1.165, 1.54) is 0 Å². The van der Waals surface area contributed by atoms with E-state index in [0.29, 0.717) is 11.8 Å². The van der Waals surface area contributed by atoms with Crippen LogP contribution in [0, 0.1) is 6.92 Å². The molecule has 7 nitrogen and oxygen atoms in total. The highest BCUT2D eigenvalue weighted by molar-refractivity contribution is 9.10. The summed E-state index contributed by atoms with van der Waals surface area (Å²) in [6.07, 6.45) is 3.86. The molecule has 2 heterocycles. The standard InChI is InChI=1S/C18H20BrN5O2/c1-13-9-17(22-18(21-13)24-7-2-3-8-24)26-12-16(25)23-20-11-14-5-4-6-15(19)10-14/h4-6,9-11H,2-3,7-8,12H2,1H3,(H,23,25). The van der Waals surface area contributed by atoms with Crippen molar-refractivity contribution in [2.45, 2.75) is 19.8 Å². The highest BCUT2D eigenvalue weighted by atomic mass is 79.9. The number of aromatic nitrogens is 2. The first-order valence-electron chi connectivity index (χ1n) is 8.41. The molecule has 0 bridgehead atoms. The molecule has 8 heteroatoms. The Morgan fingerprint density at radius 3 is 2.92 bits per heavy atom. The van der Waals surface area contributed by atoms with Crippen LogP contribution >= 0.6 is 15.9 Å². The minimum Gasteiger partial charge on any atom is -0.467 e. The lowest BCUT2D eigenvalue weighted by atomic mass is 10.2. The molecule has 0 unspecified atom stereocenters. The lowest BCUT2D eigenvalue weighted by Gasteiger charge is -2.16. The first-order valence-corrected chi connectivity index (χ1v) is 9.20. The Hall–Kier alpha value is -2.48. The normalized spacial score (nSPS) is 14.0. The van der Waals surface area contributed by atoms with Gasteiger partial charge in [-0.3, -0.25) is 4.79 Å². The first kappa shape index (κ1) is 18.3. The molecule has 136 valence electrons. The van der Waals surface area contributed by atoms with Crippen LogP contribution in [0.3, 0.4) is 0 Å². The summed E-state index contributed by atoms with van der Waals surface area (Å²) in [7, 11) is 0. The van der Waals surface area contributed by atoms with Gasteiger partial charge < -0.3 is 9.64 Å². The molecule has 0 saturated carbocycles. The summed E-state index contributed by atoms with van der Waals surface area (Å²) in [6.45, 7) is 3.63. The van der Waals surface area contributed by atoms with Crippen molar-refractivity contribution in [3.63, 3.8) is 0 Å². The fourth-order valence-corrected chi connectivity index (χ4v) is 3.01. The Labute approximate surface area is 160 Å². The summed E-state index contributed by atoms with van der Waals surface area (Å²) in [5.74, 6) is 0.700. The molecule has 0 aliphatic carbocycles. The summed E-state index contributed by atoms with van der Waals surface area (Å²) in [5, 5.41) is 3.93. The van der Waals surface area contributed by atoms with Crippen LogP contribution in [0.1, 0.15) is 24.1 Å². The van der Waals surface area contributed by atoms with Crippen molar-refractivity contribution < 1.29 is 9.53 Å². The van der Waals surface area contributed by atoms with Gasteiger partial charge in [0.25, 0.3) is 5.91 Å². The van der Waals surface area contributed by atoms with Gasteiger partial charge in [0.15, 0.2) is 6.61 Å². The second-order valence-electron chi connectivity index (χ2n) is 5.98. The number of amides is 1. The van der Waals surface area contributed by atoms with E-state index in [-0.39, 0.29) is 12.5 Å². The Balaban J connectivity index is 1.52. The molecule has 3 rings (SSSR count). The monoisotopic (exact) mass is 417 g/mol. The molecule has 1 aliphatic rings. The van der Waals surface area contributed by atoms with Crippen molar-refractivity contribution in [1.29, 1.82) is 0 Å². The number of rotatable bonds is 6. The molecular weight excluding hydrogens is 398 g/mol. The van der Waals surface area contributed by atoms with Gasteiger partial charge in [-0.1, -0.05) is 28.1 Å². The first-order chi connectivity index (χ1) is 12.6. The minimum atomic E-state index is -0.352. The van der Waals surface area contributed by atoms with E-state index in [1.807, 2.05) is 31.2 Å². The van der Waals surface area contributed by atoms with E-state index < -0.39 is 0 Å². The number of anilines is 1. The van der Waals surface area contributed by atoms with Gasteiger partial charge in [0.2, 0.25) is 11.8 Å². The molecule has 2 aromatic rings. The molecule has 1 amide bonds. The van der Waals surface area contributed by atoms with Gasteiger partial charge in [0.1, 0.15) is 0 Å². The molecule has 1 saturated heterocycles. The van der Waals surface area contributed by atoms with Crippen molar-refractivity contribution in [2.75, 3.05) is 24.6 Å². The zero-order chi connectivity index (χ0) is 18.4. The smallest absolute Gasteiger partial charge is 0.278 e. The predicted octanol–water partition coefficient (Wildman–Crippen LogP) is 2.68. The molecule has 26 heavy (non-hydrogen) atoms. The van der Waals surface area contributed by atoms with Gasteiger partial charge in [-0.15, -0.1) is 0 Å². The number of aryl methyl sites for hydroxylation is 1. The van der Waals surface area contributed by atoms with Crippen molar-refractivity contribution in [3.8, 4) is 5.88 Å². The van der Waals surface area contributed by atoms with E-state index in [0.717, 1.165) is 41.7 Å². The van der Waals surface area contributed by atoms with E-state index >= 15 is 0 Å². The SMILES string of the molecule is Cc1cc(OCC(=O)NN=Cc2cccc(Br)c2)nc(N2CCCC2)n1. The zero-order valence-electron chi connectivity index (χ0n) is 14.5. The molecule has 0 atom stereocenters. The summed E-state index contributed by atoms with van der Waals surface area (Å²) in [5.41, 5.74) is 4.13. The van der Waals surface area contributed by atoms with Crippen molar-refractivity contribution in [3.05, 3.63) is 46.1 Å². The van der Waals surface area contributed by atoms with E-state index in [1.54, 1.807) is 12.3 Å². The number of carbonyl (C=O) groups is 1. The third kappa shape index (κ3) is 5.26. The Bertz CT molecular complexity index is 806. The van der Waals surface area contributed by atoms with Crippen molar-refractivity contribution in [2.24, 2.45) is 5.10 Å². The number of hydrazone groups is 1. The largest absolute Gasteiger partial charge is 0.467 e. The molecule has 0 radical (unpaired) electrons. The van der Waals surface area contributed by atoms with Crippen LogP contribution in [0.4, 0.5) is 5.95 Å². The predicted molar refractivity (Wildman–Crippen MR) is 104 cm³/mol. The summed E-state index contributed by atoms with van der Waals surface area (Å²) in [6, 6.07) is 9.32. The van der Waals surface area contributed by atoms with Crippen molar-refractivity contribution >= 4 is 34.0 Å². The fourth-order valence-electron chi connectivity index (χ4n) is 2.59. The third-order valence-electron chi connectivity index (χ3n) is 3.81. The third-order valence-corrected chi connectivity index (χ3v) is 4.30. The lowest BCUT2D eigenvalue weighted by Crippen LogP contribution is -2.25. The number of carbonyl (C=O) groups excluding carboxylic acids is 1. The maximum absolute atomic E-state index is 11.9. The topological polar surface area (TPSA) is 79.7 Å². The van der Waals surface area contributed by atoms with Gasteiger partial charge in [-0.2, -0.15) is 10.1 Å². The maximum atomic E-state index is 11.9.